The minimum absolute atomic E-state index is 0.624. The zero-order valence-electron chi connectivity index (χ0n) is 16.9. The number of nitrogens with zero attached hydrogens (tertiary/aromatic N) is 4. The van der Waals surface area contributed by atoms with E-state index in [9.17, 15) is 0 Å². The van der Waals surface area contributed by atoms with Crippen molar-refractivity contribution in [3.8, 4) is 5.75 Å². The van der Waals surface area contributed by atoms with Crippen LogP contribution in [-0.2, 0) is 7.05 Å². The maximum absolute atomic E-state index is 5.91. The minimum atomic E-state index is 0.624. The predicted molar refractivity (Wildman–Crippen MR) is 109 cm³/mol. The monoisotopic (exact) mass is 355 g/mol. The first kappa shape index (κ1) is 19.8. The molecule has 0 aliphatic rings. The lowest BCUT2D eigenvalue weighted by molar-refractivity contribution is -0.672. The molecule has 0 amide bonds. The van der Waals surface area contributed by atoms with Gasteiger partial charge in [-0.2, -0.15) is 9.67 Å². The van der Waals surface area contributed by atoms with Gasteiger partial charge in [0.2, 0.25) is 5.69 Å². The smallest absolute Gasteiger partial charge is 0.228 e. The molecule has 0 aliphatic carbocycles. The maximum atomic E-state index is 5.91. The summed E-state index contributed by atoms with van der Waals surface area (Å²) < 4.78 is 7.98. The number of aromatic nitrogens is 1. The van der Waals surface area contributed by atoms with Gasteiger partial charge < -0.3 is 9.64 Å². The fourth-order valence-electron chi connectivity index (χ4n) is 3.06. The van der Waals surface area contributed by atoms with Crippen molar-refractivity contribution in [3.63, 3.8) is 0 Å². The molecule has 0 N–H and O–H groups in total. The van der Waals surface area contributed by atoms with Crippen LogP contribution in [0.4, 0.5) is 11.4 Å². The Labute approximate surface area is 157 Å². The molecule has 5 heteroatoms. The Morgan fingerprint density at radius 3 is 2.46 bits per heavy atom. The largest absolute Gasteiger partial charge is 0.492 e. The van der Waals surface area contributed by atoms with Gasteiger partial charge in [0.1, 0.15) is 24.2 Å². The molecule has 26 heavy (non-hydrogen) atoms. The lowest BCUT2D eigenvalue weighted by Crippen LogP contribution is -2.35. The summed E-state index contributed by atoms with van der Waals surface area (Å²) in [6, 6.07) is 12.4. The van der Waals surface area contributed by atoms with Crippen LogP contribution in [0, 0.1) is 0 Å². The first-order chi connectivity index (χ1) is 12.5. The Bertz CT molecular complexity index is 753. The Morgan fingerprint density at radius 1 is 1.12 bits per heavy atom. The van der Waals surface area contributed by atoms with E-state index in [1.165, 1.54) is 5.69 Å². The summed E-state index contributed by atoms with van der Waals surface area (Å²) in [7, 11) is 3.99. The molecule has 0 fully saturated rings. The predicted octanol–water partition coefficient (Wildman–Crippen LogP) is 3.62. The Morgan fingerprint density at radius 2 is 1.85 bits per heavy atom. The van der Waals surface area contributed by atoms with Crippen molar-refractivity contribution in [2.45, 2.75) is 27.7 Å². The lowest BCUT2D eigenvalue weighted by atomic mass is 10.2. The molecule has 140 valence electrons. The van der Waals surface area contributed by atoms with Gasteiger partial charge in [0.05, 0.1) is 6.61 Å². The van der Waals surface area contributed by atoms with Crippen LogP contribution in [0.25, 0.3) is 0 Å². The molecular weight excluding hydrogens is 324 g/mol. The topological polar surface area (TPSA) is 31.9 Å². The van der Waals surface area contributed by atoms with Crippen molar-refractivity contribution in [2.24, 2.45) is 12.1 Å². The van der Waals surface area contributed by atoms with Gasteiger partial charge >= 0.3 is 0 Å². The molecule has 0 spiro atoms. The third-order valence-corrected chi connectivity index (χ3v) is 4.45. The molecule has 0 bridgehead atoms. The zero-order valence-corrected chi connectivity index (χ0v) is 16.9. The first-order valence-electron chi connectivity index (χ1n) is 9.27. The Balaban J connectivity index is 2.36. The second-order valence-corrected chi connectivity index (χ2v) is 6.16. The van der Waals surface area contributed by atoms with Crippen LogP contribution in [0.2, 0.25) is 0 Å². The van der Waals surface area contributed by atoms with Crippen molar-refractivity contribution in [1.82, 2.24) is 0 Å². The van der Waals surface area contributed by atoms with E-state index in [2.05, 4.69) is 47.6 Å². The van der Waals surface area contributed by atoms with Crippen LogP contribution in [0.15, 0.2) is 47.7 Å². The highest BCUT2D eigenvalue weighted by Gasteiger charge is 2.14. The number of aryl methyl sites for hydroxylation is 1. The van der Waals surface area contributed by atoms with Crippen molar-refractivity contribution < 1.29 is 9.30 Å². The van der Waals surface area contributed by atoms with Gasteiger partial charge in [0, 0.05) is 44.0 Å². The minimum Gasteiger partial charge on any atom is -0.492 e. The summed E-state index contributed by atoms with van der Waals surface area (Å²) in [6.07, 6.45) is 2.03. The second kappa shape index (κ2) is 9.22. The van der Waals surface area contributed by atoms with Crippen LogP contribution in [0.1, 0.15) is 33.4 Å². The molecule has 0 radical (unpaired) electrons. The summed E-state index contributed by atoms with van der Waals surface area (Å²) in [6.45, 7) is 10.9. The van der Waals surface area contributed by atoms with Crippen molar-refractivity contribution >= 4 is 17.1 Å². The van der Waals surface area contributed by atoms with Gasteiger partial charge in [-0.1, -0.05) is 0 Å². The summed E-state index contributed by atoms with van der Waals surface area (Å²) in [5.41, 5.74) is 4.16. The summed E-state index contributed by atoms with van der Waals surface area (Å²) in [4.78, 5) is 2.31. The molecule has 0 saturated carbocycles. The number of anilines is 2. The average Bonchev–Trinajstić information content (AvgIpc) is 2.63. The molecule has 2 aromatic rings. The van der Waals surface area contributed by atoms with Gasteiger partial charge in [0.15, 0.2) is 6.20 Å². The molecular formula is C21H31N4O+. The number of hydrogen-bond acceptors (Lipinski definition) is 4. The quantitative estimate of drug-likeness (QED) is 0.412. The summed E-state index contributed by atoms with van der Waals surface area (Å²) in [5, 5.41) is 6.66. The van der Waals surface area contributed by atoms with E-state index in [1.807, 2.05) is 51.3 Å². The number of benzene rings is 1. The van der Waals surface area contributed by atoms with Gasteiger partial charge in [-0.25, -0.2) is 0 Å². The van der Waals surface area contributed by atoms with Crippen LogP contribution < -0.4 is 19.2 Å². The van der Waals surface area contributed by atoms with Crippen LogP contribution >= 0.6 is 0 Å². The van der Waals surface area contributed by atoms with E-state index in [-0.39, 0.29) is 0 Å². The maximum Gasteiger partial charge on any atom is 0.228 e. The highest BCUT2D eigenvalue weighted by molar-refractivity contribution is 5.96. The van der Waals surface area contributed by atoms with E-state index >= 15 is 0 Å². The number of ether oxygens (including phenoxy) is 1. The lowest BCUT2D eigenvalue weighted by Gasteiger charge is -2.24. The Hall–Kier alpha value is -2.56. The summed E-state index contributed by atoms with van der Waals surface area (Å²) >= 11 is 0. The number of pyridine rings is 1. The van der Waals surface area contributed by atoms with E-state index in [0.717, 1.165) is 35.9 Å². The van der Waals surface area contributed by atoms with Gasteiger partial charge in [-0.3, -0.25) is 5.01 Å². The molecule has 0 atom stereocenters. The van der Waals surface area contributed by atoms with Gasteiger partial charge in [0.25, 0.3) is 0 Å². The average molecular weight is 356 g/mol. The highest BCUT2D eigenvalue weighted by atomic mass is 16.5. The van der Waals surface area contributed by atoms with Crippen LogP contribution in [0.5, 0.6) is 5.75 Å². The van der Waals surface area contributed by atoms with Crippen molar-refractivity contribution in [3.05, 3.63) is 48.3 Å². The number of hydrazone groups is 1. The van der Waals surface area contributed by atoms with Gasteiger partial charge in [-0.15, -0.1) is 0 Å². The molecule has 1 aromatic heterocycles. The van der Waals surface area contributed by atoms with Crippen molar-refractivity contribution in [2.75, 3.05) is 36.7 Å². The molecule has 1 heterocycles. The van der Waals surface area contributed by atoms with Crippen LogP contribution in [-0.4, -0.2) is 32.5 Å². The molecule has 5 nitrogen and oxygen atoms in total. The zero-order chi connectivity index (χ0) is 19.1. The molecule has 1 aromatic carbocycles. The van der Waals surface area contributed by atoms with E-state index < -0.39 is 0 Å². The fourth-order valence-corrected chi connectivity index (χ4v) is 3.06. The molecule has 0 unspecified atom stereocenters. The van der Waals surface area contributed by atoms with E-state index in [4.69, 9.17) is 9.84 Å². The van der Waals surface area contributed by atoms with Crippen LogP contribution in [0.3, 0.4) is 0 Å². The SMILES string of the molecule is CCOc1cc(N(CC)CC)ccc1N(C)N=C(C)c1cccc[n+]1C. The van der Waals surface area contributed by atoms with Gasteiger partial charge in [-0.05, 0) is 45.9 Å². The summed E-state index contributed by atoms with van der Waals surface area (Å²) in [5.74, 6) is 0.855. The first-order valence-corrected chi connectivity index (χ1v) is 9.27. The normalized spacial score (nSPS) is 11.4. The third-order valence-electron chi connectivity index (χ3n) is 4.45. The van der Waals surface area contributed by atoms with E-state index in [1.54, 1.807) is 0 Å². The van der Waals surface area contributed by atoms with E-state index in [0.29, 0.717) is 6.61 Å². The molecule has 2 rings (SSSR count). The number of rotatable bonds is 8. The Kier molecular flexibility index (Phi) is 7.01. The van der Waals surface area contributed by atoms with Crippen molar-refractivity contribution in [1.29, 1.82) is 0 Å². The number of hydrogen-bond donors (Lipinski definition) is 0. The second-order valence-electron chi connectivity index (χ2n) is 6.16. The fraction of sp³-hybridized carbons (Fsp3) is 0.429. The molecule has 0 aliphatic heterocycles. The third kappa shape index (κ3) is 4.54. The molecule has 0 saturated heterocycles. The highest BCUT2D eigenvalue weighted by Crippen LogP contribution is 2.32. The standard InChI is InChI=1S/C21H31N4O/c1-7-25(8-2)18-13-14-20(21(16-18)26-9-3)24(6)22-17(4)19-12-10-11-15-23(19)5/h10-16H,7-9H2,1-6H3/q+1.